The fourth-order valence-electron chi connectivity index (χ4n) is 2.02. The molecule has 7 heteroatoms. The van der Waals surface area contributed by atoms with Crippen LogP contribution in [-0.4, -0.2) is 27.4 Å². The van der Waals surface area contributed by atoms with Crippen LogP contribution < -0.4 is 11.1 Å². The summed E-state index contributed by atoms with van der Waals surface area (Å²) in [5.74, 6) is 0.599. The number of aryl methyl sites for hydroxylation is 1. The molecular formula is C14H21N5O2. The molecule has 2 aromatic heterocycles. The second kappa shape index (κ2) is 7.58. The number of rotatable bonds is 8. The van der Waals surface area contributed by atoms with Crippen molar-refractivity contribution in [2.75, 3.05) is 6.54 Å². The van der Waals surface area contributed by atoms with E-state index in [2.05, 4.69) is 15.6 Å². The summed E-state index contributed by atoms with van der Waals surface area (Å²) in [6.45, 7) is 2.70. The normalized spacial score (nSPS) is 12.3. The molecule has 0 aliphatic rings. The topological polar surface area (TPSA) is 99.0 Å². The predicted octanol–water partition coefficient (Wildman–Crippen LogP) is 1.03. The summed E-state index contributed by atoms with van der Waals surface area (Å²) in [6, 6.07) is 3.46. The van der Waals surface area contributed by atoms with E-state index in [1.807, 2.05) is 13.0 Å². The first kappa shape index (κ1) is 15.2. The minimum atomic E-state index is -0.167. The summed E-state index contributed by atoms with van der Waals surface area (Å²) in [4.78, 5) is 11.9. The lowest BCUT2D eigenvalue weighted by Gasteiger charge is -2.10. The molecule has 0 saturated heterocycles. The third kappa shape index (κ3) is 4.71. The minimum Gasteiger partial charge on any atom is -0.467 e. The molecule has 0 bridgehead atoms. The molecule has 7 nitrogen and oxygen atoms in total. The van der Waals surface area contributed by atoms with E-state index in [0.717, 1.165) is 30.7 Å². The van der Waals surface area contributed by atoms with Crippen molar-refractivity contribution in [1.29, 1.82) is 0 Å². The fraction of sp³-hybridized carbons (Fsp3) is 0.500. The van der Waals surface area contributed by atoms with Crippen molar-refractivity contribution >= 4 is 5.91 Å². The number of hydrogen-bond acceptors (Lipinski definition) is 5. The minimum absolute atomic E-state index is 0.127. The molecule has 2 heterocycles. The molecular weight excluding hydrogens is 270 g/mol. The van der Waals surface area contributed by atoms with Crippen LogP contribution in [0.25, 0.3) is 0 Å². The third-order valence-corrected chi connectivity index (χ3v) is 3.13. The van der Waals surface area contributed by atoms with E-state index in [-0.39, 0.29) is 18.5 Å². The van der Waals surface area contributed by atoms with Crippen LogP contribution in [0.5, 0.6) is 0 Å². The second-order valence-corrected chi connectivity index (χ2v) is 4.96. The van der Waals surface area contributed by atoms with Gasteiger partial charge in [-0.25, -0.2) is 4.68 Å². The van der Waals surface area contributed by atoms with Crippen molar-refractivity contribution < 1.29 is 9.21 Å². The van der Waals surface area contributed by atoms with Gasteiger partial charge in [0.05, 0.1) is 18.0 Å². The molecule has 1 amide bonds. The summed E-state index contributed by atoms with van der Waals surface area (Å²) in [6.07, 6.45) is 6.17. The van der Waals surface area contributed by atoms with Gasteiger partial charge in [0, 0.05) is 6.20 Å². The van der Waals surface area contributed by atoms with E-state index in [1.54, 1.807) is 23.2 Å². The fourth-order valence-corrected chi connectivity index (χ4v) is 2.02. The second-order valence-electron chi connectivity index (χ2n) is 4.96. The Labute approximate surface area is 123 Å². The number of nitrogens with zero attached hydrogens (tertiary/aromatic N) is 3. The van der Waals surface area contributed by atoms with Gasteiger partial charge in [-0.15, -0.1) is 5.10 Å². The molecule has 1 unspecified atom stereocenters. The number of hydrogen-bond donors (Lipinski definition) is 2. The Morgan fingerprint density at radius 2 is 2.38 bits per heavy atom. The quantitative estimate of drug-likeness (QED) is 0.708. The standard InChI is InChI=1S/C14H21N5O2/c1-11(13-6-4-8-21-13)16-14(20)10-19-9-12(17-18-19)5-2-3-7-15/h4,6,8-9,11H,2-3,5,7,10,15H2,1H3,(H,16,20). The van der Waals surface area contributed by atoms with Crippen molar-refractivity contribution in [3.05, 3.63) is 36.0 Å². The van der Waals surface area contributed by atoms with Gasteiger partial charge in [0.15, 0.2) is 0 Å². The first-order valence-corrected chi connectivity index (χ1v) is 7.11. The van der Waals surface area contributed by atoms with E-state index < -0.39 is 0 Å². The molecule has 114 valence electrons. The molecule has 3 N–H and O–H groups in total. The van der Waals surface area contributed by atoms with Crippen LogP contribution in [0.2, 0.25) is 0 Å². The Bertz CT molecular complexity index is 549. The van der Waals surface area contributed by atoms with Gasteiger partial charge in [0.25, 0.3) is 0 Å². The lowest BCUT2D eigenvalue weighted by Crippen LogP contribution is -2.30. The maximum absolute atomic E-state index is 11.9. The first-order valence-electron chi connectivity index (χ1n) is 7.11. The highest BCUT2D eigenvalue weighted by Gasteiger charge is 2.12. The van der Waals surface area contributed by atoms with Crippen LogP contribution in [0, 0.1) is 0 Å². The Kier molecular flexibility index (Phi) is 5.51. The van der Waals surface area contributed by atoms with Crippen LogP contribution in [-0.2, 0) is 17.8 Å². The maximum Gasteiger partial charge on any atom is 0.242 e. The molecule has 2 aromatic rings. The van der Waals surface area contributed by atoms with Crippen LogP contribution in [0.4, 0.5) is 0 Å². The molecule has 0 fully saturated rings. The van der Waals surface area contributed by atoms with E-state index in [9.17, 15) is 4.79 Å². The van der Waals surface area contributed by atoms with Crippen molar-refractivity contribution in [3.63, 3.8) is 0 Å². The smallest absolute Gasteiger partial charge is 0.242 e. The Morgan fingerprint density at radius 3 is 3.10 bits per heavy atom. The number of furan rings is 1. The van der Waals surface area contributed by atoms with Gasteiger partial charge in [0.1, 0.15) is 12.3 Å². The highest BCUT2D eigenvalue weighted by atomic mass is 16.3. The SMILES string of the molecule is CC(NC(=O)Cn1cc(CCCCN)nn1)c1ccco1. The summed E-state index contributed by atoms with van der Waals surface area (Å²) in [5.41, 5.74) is 6.33. The zero-order valence-corrected chi connectivity index (χ0v) is 12.2. The van der Waals surface area contributed by atoms with Crippen molar-refractivity contribution in [3.8, 4) is 0 Å². The van der Waals surface area contributed by atoms with Crippen molar-refractivity contribution in [2.24, 2.45) is 5.73 Å². The molecule has 1 atom stereocenters. The van der Waals surface area contributed by atoms with Gasteiger partial charge in [0.2, 0.25) is 5.91 Å². The van der Waals surface area contributed by atoms with Gasteiger partial charge >= 0.3 is 0 Å². The monoisotopic (exact) mass is 291 g/mol. The molecule has 0 spiro atoms. The highest BCUT2D eigenvalue weighted by molar-refractivity contribution is 5.76. The highest BCUT2D eigenvalue weighted by Crippen LogP contribution is 2.11. The molecule has 2 rings (SSSR count). The van der Waals surface area contributed by atoms with E-state index in [0.29, 0.717) is 6.54 Å². The molecule has 21 heavy (non-hydrogen) atoms. The summed E-state index contributed by atoms with van der Waals surface area (Å²) in [5, 5.41) is 10.9. The van der Waals surface area contributed by atoms with E-state index >= 15 is 0 Å². The third-order valence-electron chi connectivity index (χ3n) is 3.13. The lowest BCUT2D eigenvalue weighted by atomic mass is 10.2. The Morgan fingerprint density at radius 1 is 1.52 bits per heavy atom. The molecule has 0 radical (unpaired) electrons. The van der Waals surface area contributed by atoms with Crippen LogP contribution >= 0.6 is 0 Å². The number of nitrogens with two attached hydrogens (primary N) is 1. The van der Waals surface area contributed by atoms with Crippen LogP contribution in [0.1, 0.15) is 37.3 Å². The summed E-state index contributed by atoms with van der Waals surface area (Å²) < 4.78 is 6.79. The number of unbranched alkanes of at least 4 members (excludes halogenated alkanes) is 1. The largest absolute Gasteiger partial charge is 0.467 e. The molecule has 0 aliphatic carbocycles. The Balaban J connectivity index is 1.80. The zero-order valence-electron chi connectivity index (χ0n) is 12.2. The number of carbonyl (C=O) groups is 1. The summed E-state index contributed by atoms with van der Waals surface area (Å²) >= 11 is 0. The van der Waals surface area contributed by atoms with Gasteiger partial charge in [-0.3, -0.25) is 4.79 Å². The lowest BCUT2D eigenvalue weighted by molar-refractivity contribution is -0.122. The molecule has 0 saturated carbocycles. The first-order chi connectivity index (χ1) is 10.2. The van der Waals surface area contributed by atoms with Gasteiger partial charge < -0.3 is 15.5 Å². The predicted molar refractivity (Wildman–Crippen MR) is 77.3 cm³/mol. The molecule has 0 aliphatic heterocycles. The van der Waals surface area contributed by atoms with Gasteiger partial charge in [-0.1, -0.05) is 5.21 Å². The number of nitrogens with one attached hydrogen (secondary N) is 1. The molecule has 0 aromatic carbocycles. The zero-order chi connectivity index (χ0) is 15.1. The Hall–Kier alpha value is -2.15. The number of amides is 1. The average Bonchev–Trinajstić information content (AvgIpc) is 3.10. The van der Waals surface area contributed by atoms with Crippen LogP contribution in [0.3, 0.4) is 0 Å². The van der Waals surface area contributed by atoms with E-state index in [1.165, 1.54) is 0 Å². The average molecular weight is 291 g/mol. The van der Waals surface area contributed by atoms with E-state index in [4.69, 9.17) is 10.2 Å². The number of carbonyl (C=O) groups excluding carboxylic acids is 1. The van der Waals surface area contributed by atoms with Gasteiger partial charge in [-0.2, -0.15) is 0 Å². The van der Waals surface area contributed by atoms with Gasteiger partial charge in [-0.05, 0) is 44.9 Å². The summed E-state index contributed by atoms with van der Waals surface area (Å²) in [7, 11) is 0. The van der Waals surface area contributed by atoms with Crippen molar-refractivity contribution in [1.82, 2.24) is 20.3 Å². The van der Waals surface area contributed by atoms with Crippen molar-refractivity contribution in [2.45, 2.75) is 38.8 Å². The number of aromatic nitrogens is 3. The van der Waals surface area contributed by atoms with Crippen LogP contribution in [0.15, 0.2) is 29.0 Å². The maximum atomic E-state index is 11.9.